The van der Waals surface area contributed by atoms with Crippen LogP contribution in [0.4, 0.5) is 0 Å². The molecule has 0 aromatic rings. The number of ether oxygens (including phenoxy) is 4. The van der Waals surface area contributed by atoms with Crippen LogP contribution in [0, 0.1) is 0 Å². The van der Waals surface area contributed by atoms with Crippen LogP contribution in [-0.4, -0.2) is 78.8 Å². The van der Waals surface area contributed by atoms with Gasteiger partial charge in [-0.1, -0.05) is 13.2 Å². The van der Waals surface area contributed by atoms with Crippen LogP contribution in [0.3, 0.4) is 0 Å². The van der Waals surface area contributed by atoms with Crippen molar-refractivity contribution in [3.05, 3.63) is 24.3 Å². The van der Waals surface area contributed by atoms with Gasteiger partial charge in [-0.2, -0.15) is 0 Å². The summed E-state index contributed by atoms with van der Waals surface area (Å²) in [6.07, 6.45) is -3.54. The van der Waals surface area contributed by atoms with Gasteiger partial charge in [0, 0.05) is 11.1 Å². The van der Waals surface area contributed by atoms with E-state index >= 15 is 0 Å². The average molecular weight is 362 g/mol. The minimum atomic E-state index is -1.35. The molecule has 0 bridgehead atoms. The van der Waals surface area contributed by atoms with E-state index in [1.807, 2.05) is 0 Å². The van der Waals surface area contributed by atoms with Crippen LogP contribution in [0.15, 0.2) is 24.3 Å². The summed E-state index contributed by atoms with van der Waals surface area (Å²) in [5.74, 6) is -1.26. The molecule has 0 saturated heterocycles. The monoisotopic (exact) mass is 362 g/mol. The lowest BCUT2D eigenvalue weighted by molar-refractivity contribution is -0.167. The van der Waals surface area contributed by atoms with E-state index < -0.39 is 30.4 Å². The van der Waals surface area contributed by atoms with Crippen LogP contribution in [0.5, 0.6) is 0 Å². The Balaban J connectivity index is 3.77. The zero-order valence-corrected chi connectivity index (χ0v) is 14.5. The van der Waals surface area contributed by atoms with Crippen LogP contribution < -0.4 is 0 Å². The third-order valence-corrected chi connectivity index (χ3v) is 2.56. The highest BCUT2D eigenvalue weighted by atomic mass is 16.6. The molecule has 3 N–H and O–H groups in total. The van der Waals surface area contributed by atoms with Gasteiger partial charge in [-0.05, 0) is 13.8 Å². The van der Waals surface area contributed by atoms with Crippen LogP contribution in [-0.2, 0) is 28.5 Å². The summed E-state index contributed by atoms with van der Waals surface area (Å²) in [7, 11) is 0. The molecular weight excluding hydrogens is 336 g/mol. The van der Waals surface area contributed by atoms with Crippen LogP contribution in [0.2, 0.25) is 0 Å². The normalized spacial score (nSPS) is 14.3. The maximum absolute atomic E-state index is 11.1. The van der Waals surface area contributed by atoms with Gasteiger partial charge in [0.25, 0.3) is 0 Å². The fourth-order valence-corrected chi connectivity index (χ4v) is 1.26. The zero-order chi connectivity index (χ0) is 19.4. The summed E-state index contributed by atoms with van der Waals surface area (Å²) in [4.78, 5) is 22.2. The number of aliphatic hydroxyl groups excluding tert-OH is 3. The molecule has 25 heavy (non-hydrogen) atoms. The van der Waals surface area contributed by atoms with E-state index in [9.17, 15) is 24.9 Å². The van der Waals surface area contributed by atoms with Gasteiger partial charge in [-0.3, -0.25) is 0 Å². The van der Waals surface area contributed by atoms with Gasteiger partial charge in [0.1, 0.15) is 25.4 Å². The summed E-state index contributed by atoms with van der Waals surface area (Å²) < 4.78 is 19.3. The zero-order valence-electron chi connectivity index (χ0n) is 14.5. The molecule has 0 aliphatic heterocycles. The molecule has 0 rings (SSSR count). The van der Waals surface area contributed by atoms with Crippen molar-refractivity contribution in [2.45, 2.75) is 32.3 Å². The minimum Gasteiger partial charge on any atom is -0.460 e. The van der Waals surface area contributed by atoms with Gasteiger partial charge < -0.3 is 34.3 Å². The number of carbonyl (C=O) groups excluding carboxylic acids is 2. The molecule has 0 fully saturated rings. The van der Waals surface area contributed by atoms with Gasteiger partial charge in [-0.15, -0.1) is 0 Å². The van der Waals surface area contributed by atoms with Crippen LogP contribution in [0.25, 0.3) is 0 Å². The lowest BCUT2D eigenvalue weighted by Crippen LogP contribution is -2.30. The number of rotatable bonds is 13. The highest BCUT2D eigenvalue weighted by Gasteiger charge is 2.14. The summed E-state index contributed by atoms with van der Waals surface area (Å²) in [5.41, 5.74) is 0.415. The Labute approximate surface area is 146 Å². The molecule has 0 radical (unpaired) electrons. The van der Waals surface area contributed by atoms with Gasteiger partial charge in [0.2, 0.25) is 0 Å². The van der Waals surface area contributed by atoms with Gasteiger partial charge in [0.15, 0.2) is 6.29 Å². The Hall–Kier alpha value is -1.78. The average Bonchev–Trinajstić information content (AvgIpc) is 2.55. The molecule has 3 unspecified atom stereocenters. The second kappa shape index (κ2) is 12.6. The third kappa shape index (κ3) is 12.3. The first-order chi connectivity index (χ1) is 11.6. The number of hydrogen-bond donors (Lipinski definition) is 3. The van der Waals surface area contributed by atoms with E-state index in [2.05, 4.69) is 13.2 Å². The largest absolute Gasteiger partial charge is 0.460 e. The highest BCUT2D eigenvalue weighted by molar-refractivity contribution is 5.87. The second-order valence-corrected chi connectivity index (χ2v) is 5.39. The second-order valence-electron chi connectivity index (χ2n) is 5.39. The SMILES string of the molecule is C=C(C)C(=O)OCC(O)COCC(O)OCC(O)COC(=O)C(=C)C. The molecule has 0 aliphatic rings. The Bertz CT molecular complexity index is 461. The van der Waals surface area contributed by atoms with E-state index in [1.165, 1.54) is 13.8 Å². The Kier molecular flexibility index (Phi) is 11.7. The summed E-state index contributed by atoms with van der Waals surface area (Å²) in [6, 6.07) is 0. The van der Waals surface area contributed by atoms with E-state index in [0.29, 0.717) is 0 Å². The quantitative estimate of drug-likeness (QED) is 0.221. The van der Waals surface area contributed by atoms with Crippen LogP contribution >= 0.6 is 0 Å². The Morgan fingerprint density at radius 2 is 1.24 bits per heavy atom. The molecule has 3 atom stereocenters. The Morgan fingerprint density at radius 1 is 0.800 bits per heavy atom. The van der Waals surface area contributed by atoms with Crippen molar-refractivity contribution in [2.75, 3.05) is 33.0 Å². The molecule has 0 saturated carbocycles. The first-order valence-corrected chi connectivity index (χ1v) is 7.52. The summed E-state index contributed by atoms with van der Waals surface area (Å²) in [5, 5.41) is 28.6. The third-order valence-electron chi connectivity index (χ3n) is 2.56. The van der Waals surface area contributed by atoms with Gasteiger partial charge >= 0.3 is 11.9 Å². The van der Waals surface area contributed by atoms with Crippen molar-refractivity contribution in [1.82, 2.24) is 0 Å². The first kappa shape index (κ1) is 23.2. The van der Waals surface area contributed by atoms with Gasteiger partial charge in [0.05, 0.1) is 19.8 Å². The molecular formula is C16H26O9. The highest BCUT2D eigenvalue weighted by Crippen LogP contribution is 1.99. The van der Waals surface area contributed by atoms with Gasteiger partial charge in [-0.25, -0.2) is 9.59 Å². The molecule has 0 aromatic carbocycles. The standard InChI is InChI=1S/C16H26O9/c1-10(2)15(20)24-7-12(17)5-22-9-14(19)23-6-13(18)8-25-16(21)11(3)4/h12-14,17-19H,1,3,5-9H2,2,4H3. The van der Waals surface area contributed by atoms with Crippen LogP contribution in [0.1, 0.15) is 13.8 Å². The molecule has 0 amide bonds. The Morgan fingerprint density at radius 3 is 1.68 bits per heavy atom. The molecule has 0 heterocycles. The number of hydrogen-bond acceptors (Lipinski definition) is 9. The maximum atomic E-state index is 11.1. The molecule has 0 spiro atoms. The maximum Gasteiger partial charge on any atom is 0.333 e. The van der Waals surface area contributed by atoms with Crippen molar-refractivity contribution in [2.24, 2.45) is 0 Å². The van der Waals surface area contributed by atoms with E-state index in [4.69, 9.17) is 18.9 Å². The van der Waals surface area contributed by atoms with Crippen molar-refractivity contribution in [1.29, 1.82) is 0 Å². The smallest absolute Gasteiger partial charge is 0.333 e. The fourth-order valence-electron chi connectivity index (χ4n) is 1.26. The van der Waals surface area contributed by atoms with Crippen molar-refractivity contribution in [3.63, 3.8) is 0 Å². The lowest BCUT2D eigenvalue weighted by atomic mass is 10.3. The first-order valence-electron chi connectivity index (χ1n) is 7.52. The van der Waals surface area contributed by atoms with E-state index in [0.717, 1.165) is 0 Å². The molecule has 9 heteroatoms. The van der Waals surface area contributed by atoms with E-state index in [1.54, 1.807) is 0 Å². The number of carbonyl (C=O) groups is 2. The fraction of sp³-hybridized carbons (Fsp3) is 0.625. The topological polar surface area (TPSA) is 132 Å². The van der Waals surface area contributed by atoms with Crippen molar-refractivity contribution in [3.8, 4) is 0 Å². The molecule has 144 valence electrons. The van der Waals surface area contributed by atoms with Crippen molar-refractivity contribution >= 4 is 11.9 Å². The number of esters is 2. The minimum absolute atomic E-state index is 0.192. The predicted octanol–water partition coefficient (Wildman–Crippen LogP) is -0.702. The van der Waals surface area contributed by atoms with Crippen molar-refractivity contribution < 1.29 is 43.9 Å². The molecule has 0 aromatic heterocycles. The lowest BCUT2D eigenvalue weighted by Gasteiger charge is -2.17. The predicted molar refractivity (Wildman–Crippen MR) is 86.3 cm³/mol. The molecule has 9 nitrogen and oxygen atoms in total. The molecule has 0 aliphatic carbocycles. The summed E-state index contributed by atoms with van der Waals surface area (Å²) >= 11 is 0. The van der Waals surface area contributed by atoms with E-state index in [-0.39, 0.29) is 44.2 Å². The number of aliphatic hydroxyl groups is 3. The summed E-state index contributed by atoms with van der Waals surface area (Å²) in [6.45, 7) is 8.42.